The van der Waals surface area contributed by atoms with Gasteiger partial charge >= 0.3 is 5.97 Å². The molecular formula is C9H8BrF2NO2. The number of nitrogens with two attached hydrogens (primary N) is 1. The summed E-state index contributed by atoms with van der Waals surface area (Å²) in [5, 5.41) is 8.46. The number of hydrogen-bond acceptors (Lipinski definition) is 2. The van der Waals surface area contributed by atoms with Crippen molar-refractivity contribution in [3.8, 4) is 0 Å². The highest BCUT2D eigenvalue weighted by Gasteiger charge is 2.20. The molecule has 0 amide bonds. The number of rotatable bonds is 3. The Morgan fingerprint density at radius 3 is 2.67 bits per heavy atom. The first-order valence-corrected chi connectivity index (χ1v) is 4.83. The SMILES string of the molecule is NC(CC(=O)O)c1c(F)ccc(Br)c1F. The molecule has 82 valence electrons. The van der Waals surface area contributed by atoms with Crippen LogP contribution in [0.3, 0.4) is 0 Å². The third-order valence-electron chi connectivity index (χ3n) is 1.84. The molecule has 6 heteroatoms. The van der Waals surface area contributed by atoms with Gasteiger partial charge in [0.2, 0.25) is 0 Å². The second-order valence-electron chi connectivity index (χ2n) is 2.96. The van der Waals surface area contributed by atoms with E-state index < -0.39 is 35.6 Å². The summed E-state index contributed by atoms with van der Waals surface area (Å²) in [6.07, 6.45) is -0.524. The van der Waals surface area contributed by atoms with Gasteiger partial charge in [0.05, 0.1) is 10.9 Å². The molecule has 1 atom stereocenters. The second-order valence-corrected chi connectivity index (χ2v) is 3.82. The molecule has 0 spiro atoms. The van der Waals surface area contributed by atoms with Crippen molar-refractivity contribution in [1.29, 1.82) is 0 Å². The van der Waals surface area contributed by atoms with Crippen LogP contribution in [0.5, 0.6) is 0 Å². The number of hydrogen-bond donors (Lipinski definition) is 2. The summed E-state index contributed by atoms with van der Waals surface area (Å²) in [6, 6.07) is 1.03. The lowest BCUT2D eigenvalue weighted by Crippen LogP contribution is -2.18. The second kappa shape index (κ2) is 4.67. The zero-order valence-corrected chi connectivity index (χ0v) is 9.09. The van der Waals surface area contributed by atoms with Crippen molar-refractivity contribution in [2.24, 2.45) is 5.73 Å². The molecular weight excluding hydrogens is 272 g/mol. The van der Waals surface area contributed by atoms with Crippen LogP contribution < -0.4 is 5.73 Å². The summed E-state index contributed by atoms with van der Waals surface area (Å²) in [7, 11) is 0. The number of carboxylic acid groups (broad SMARTS) is 1. The Kier molecular flexibility index (Phi) is 3.76. The van der Waals surface area contributed by atoms with Gasteiger partial charge < -0.3 is 10.8 Å². The van der Waals surface area contributed by atoms with Crippen molar-refractivity contribution in [3.63, 3.8) is 0 Å². The van der Waals surface area contributed by atoms with E-state index >= 15 is 0 Å². The molecule has 1 unspecified atom stereocenters. The van der Waals surface area contributed by atoms with E-state index in [0.717, 1.165) is 6.07 Å². The number of carbonyl (C=O) groups is 1. The highest BCUT2D eigenvalue weighted by atomic mass is 79.9. The minimum absolute atomic E-state index is 0.0553. The topological polar surface area (TPSA) is 63.3 Å². The molecule has 0 aromatic heterocycles. The third kappa shape index (κ3) is 2.73. The summed E-state index contributed by atoms with van der Waals surface area (Å²) in [5.74, 6) is -2.91. The van der Waals surface area contributed by atoms with E-state index in [-0.39, 0.29) is 4.47 Å². The standard InChI is InChI=1S/C9H8BrF2NO2/c10-4-1-2-5(11)8(9(4)12)6(13)3-7(14)15/h1-2,6H,3,13H2,(H,14,15). The molecule has 0 bridgehead atoms. The minimum Gasteiger partial charge on any atom is -0.481 e. The maximum atomic E-state index is 13.4. The quantitative estimate of drug-likeness (QED) is 0.834. The van der Waals surface area contributed by atoms with E-state index in [2.05, 4.69) is 15.9 Å². The zero-order chi connectivity index (χ0) is 11.6. The first-order valence-electron chi connectivity index (χ1n) is 4.04. The lowest BCUT2D eigenvalue weighted by atomic mass is 10.0. The molecule has 0 fully saturated rings. The van der Waals surface area contributed by atoms with Crippen molar-refractivity contribution in [3.05, 3.63) is 33.8 Å². The summed E-state index contributed by atoms with van der Waals surface area (Å²) >= 11 is 2.87. The van der Waals surface area contributed by atoms with Crippen LogP contribution in [0.25, 0.3) is 0 Å². The fourth-order valence-corrected chi connectivity index (χ4v) is 1.52. The van der Waals surface area contributed by atoms with Crippen molar-refractivity contribution in [1.82, 2.24) is 0 Å². The Morgan fingerprint density at radius 1 is 1.53 bits per heavy atom. The molecule has 0 aliphatic rings. The van der Waals surface area contributed by atoms with Crippen LogP contribution in [-0.2, 0) is 4.79 Å². The maximum absolute atomic E-state index is 13.4. The Bertz CT molecular complexity index is 398. The van der Waals surface area contributed by atoms with Crippen LogP contribution in [0.4, 0.5) is 8.78 Å². The van der Waals surface area contributed by atoms with Gasteiger partial charge in [-0.15, -0.1) is 0 Å². The number of carboxylic acids is 1. The van der Waals surface area contributed by atoms with E-state index in [4.69, 9.17) is 10.8 Å². The number of halogens is 3. The molecule has 0 aliphatic heterocycles. The smallest absolute Gasteiger partial charge is 0.305 e. The van der Waals surface area contributed by atoms with E-state index in [0.29, 0.717) is 0 Å². The first-order chi connectivity index (χ1) is 6.93. The van der Waals surface area contributed by atoms with Gasteiger partial charge in [0.1, 0.15) is 11.6 Å². The summed E-state index contributed by atoms with van der Waals surface area (Å²) < 4.78 is 26.7. The van der Waals surface area contributed by atoms with Gasteiger partial charge in [-0.05, 0) is 28.1 Å². The largest absolute Gasteiger partial charge is 0.481 e. The minimum atomic E-state index is -1.21. The Morgan fingerprint density at radius 2 is 2.13 bits per heavy atom. The van der Waals surface area contributed by atoms with Gasteiger partial charge in [-0.1, -0.05) is 0 Å². The fraction of sp³-hybridized carbons (Fsp3) is 0.222. The Labute approximate surface area is 93.0 Å². The molecule has 0 heterocycles. The van der Waals surface area contributed by atoms with E-state index in [1.165, 1.54) is 6.07 Å². The Hall–Kier alpha value is -1.01. The molecule has 0 saturated heterocycles. The lowest BCUT2D eigenvalue weighted by Gasteiger charge is -2.12. The summed E-state index contributed by atoms with van der Waals surface area (Å²) in [5.41, 5.74) is 4.97. The van der Waals surface area contributed by atoms with E-state index in [1.54, 1.807) is 0 Å². The molecule has 15 heavy (non-hydrogen) atoms. The fourth-order valence-electron chi connectivity index (χ4n) is 1.17. The van der Waals surface area contributed by atoms with Crippen LogP contribution >= 0.6 is 15.9 Å². The van der Waals surface area contributed by atoms with Gasteiger partial charge in [0.15, 0.2) is 0 Å². The van der Waals surface area contributed by atoms with Crippen LogP contribution in [0.1, 0.15) is 18.0 Å². The maximum Gasteiger partial charge on any atom is 0.305 e. The molecule has 0 radical (unpaired) electrons. The van der Waals surface area contributed by atoms with Gasteiger partial charge in [0.25, 0.3) is 0 Å². The Balaban J connectivity index is 3.12. The molecule has 1 aromatic carbocycles. The van der Waals surface area contributed by atoms with Crippen LogP contribution in [0.2, 0.25) is 0 Å². The molecule has 1 rings (SSSR count). The molecule has 3 N–H and O–H groups in total. The van der Waals surface area contributed by atoms with Crippen LogP contribution in [0.15, 0.2) is 16.6 Å². The summed E-state index contributed by atoms with van der Waals surface area (Å²) in [6.45, 7) is 0. The third-order valence-corrected chi connectivity index (χ3v) is 2.46. The van der Waals surface area contributed by atoms with Crippen LogP contribution in [0, 0.1) is 11.6 Å². The average Bonchev–Trinajstić information content (AvgIpc) is 2.11. The van der Waals surface area contributed by atoms with Gasteiger partial charge in [-0.25, -0.2) is 8.78 Å². The van der Waals surface area contributed by atoms with Crippen molar-refractivity contribution >= 4 is 21.9 Å². The monoisotopic (exact) mass is 279 g/mol. The number of benzene rings is 1. The van der Waals surface area contributed by atoms with Gasteiger partial charge in [-0.3, -0.25) is 4.79 Å². The number of aliphatic carboxylic acids is 1. The first kappa shape index (κ1) is 12.1. The van der Waals surface area contributed by atoms with Crippen molar-refractivity contribution in [2.75, 3.05) is 0 Å². The van der Waals surface area contributed by atoms with Gasteiger partial charge in [-0.2, -0.15) is 0 Å². The molecule has 0 aliphatic carbocycles. The average molecular weight is 280 g/mol. The summed E-state index contributed by atoms with van der Waals surface area (Å²) in [4.78, 5) is 10.4. The van der Waals surface area contributed by atoms with Crippen molar-refractivity contribution < 1.29 is 18.7 Å². The molecule has 1 aromatic rings. The molecule has 0 saturated carbocycles. The highest BCUT2D eigenvalue weighted by molar-refractivity contribution is 9.10. The van der Waals surface area contributed by atoms with Crippen LogP contribution in [-0.4, -0.2) is 11.1 Å². The predicted octanol–water partition coefficient (Wildman–Crippen LogP) is 2.20. The normalized spacial score (nSPS) is 12.5. The van der Waals surface area contributed by atoms with E-state index in [9.17, 15) is 13.6 Å². The lowest BCUT2D eigenvalue weighted by molar-refractivity contribution is -0.137. The van der Waals surface area contributed by atoms with E-state index in [1.807, 2.05) is 0 Å². The zero-order valence-electron chi connectivity index (χ0n) is 7.51. The predicted molar refractivity (Wildman–Crippen MR) is 53.2 cm³/mol. The van der Waals surface area contributed by atoms with Crippen molar-refractivity contribution in [2.45, 2.75) is 12.5 Å². The molecule has 3 nitrogen and oxygen atoms in total. The highest BCUT2D eigenvalue weighted by Crippen LogP contribution is 2.26. The van der Waals surface area contributed by atoms with Gasteiger partial charge in [0, 0.05) is 11.6 Å².